The largest absolute Gasteiger partial charge is 0.381 e. The second-order valence-corrected chi connectivity index (χ2v) is 4.99. The van der Waals surface area contributed by atoms with Gasteiger partial charge >= 0.3 is 0 Å². The number of hydrogen-bond acceptors (Lipinski definition) is 1. The highest BCUT2D eigenvalue weighted by Crippen LogP contribution is 2.24. The van der Waals surface area contributed by atoms with Gasteiger partial charge < -0.3 is 5.32 Å². The standard InChI is InChI=1S/C15H16BrN/c1-11-8-9-13(12(2)15(11)16)10-17-14-6-4-3-5-7-14/h3-9,17H,10H2,1-2H3. The van der Waals surface area contributed by atoms with Crippen LogP contribution in [0.5, 0.6) is 0 Å². The Morgan fingerprint density at radius 2 is 1.71 bits per heavy atom. The van der Waals surface area contributed by atoms with E-state index in [2.05, 4.69) is 59.4 Å². The van der Waals surface area contributed by atoms with Crippen LogP contribution in [0, 0.1) is 13.8 Å². The molecule has 1 N–H and O–H groups in total. The minimum Gasteiger partial charge on any atom is -0.381 e. The number of rotatable bonds is 3. The van der Waals surface area contributed by atoms with Crippen molar-refractivity contribution in [3.05, 3.63) is 63.6 Å². The highest BCUT2D eigenvalue weighted by molar-refractivity contribution is 9.10. The van der Waals surface area contributed by atoms with E-state index in [0.717, 1.165) is 12.2 Å². The second-order valence-electron chi connectivity index (χ2n) is 4.20. The first-order chi connectivity index (χ1) is 8.18. The van der Waals surface area contributed by atoms with Crippen molar-refractivity contribution in [2.75, 3.05) is 5.32 Å². The lowest BCUT2D eigenvalue weighted by atomic mass is 10.1. The summed E-state index contributed by atoms with van der Waals surface area (Å²) in [6.07, 6.45) is 0. The Balaban J connectivity index is 2.13. The van der Waals surface area contributed by atoms with E-state index in [1.165, 1.54) is 21.2 Å². The summed E-state index contributed by atoms with van der Waals surface area (Å²) in [6, 6.07) is 14.6. The molecule has 0 heterocycles. The van der Waals surface area contributed by atoms with Gasteiger partial charge in [-0.2, -0.15) is 0 Å². The Morgan fingerprint density at radius 1 is 1.00 bits per heavy atom. The van der Waals surface area contributed by atoms with E-state index in [1.54, 1.807) is 0 Å². The Hall–Kier alpha value is -1.28. The predicted molar refractivity (Wildman–Crippen MR) is 77.4 cm³/mol. The van der Waals surface area contributed by atoms with Crippen molar-refractivity contribution >= 4 is 21.6 Å². The van der Waals surface area contributed by atoms with Gasteiger partial charge in [-0.15, -0.1) is 0 Å². The van der Waals surface area contributed by atoms with Crippen molar-refractivity contribution in [1.29, 1.82) is 0 Å². The molecule has 17 heavy (non-hydrogen) atoms. The van der Waals surface area contributed by atoms with Gasteiger partial charge in [-0.1, -0.05) is 46.3 Å². The summed E-state index contributed by atoms with van der Waals surface area (Å²) in [5.41, 5.74) is 5.08. The van der Waals surface area contributed by atoms with E-state index in [0.29, 0.717) is 0 Å². The van der Waals surface area contributed by atoms with Crippen LogP contribution in [0.4, 0.5) is 5.69 Å². The van der Waals surface area contributed by atoms with Crippen molar-refractivity contribution in [3.63, 3.8) is 0 Å². The average molecular weight is 290 g/mol. The van der Waals surface area contributed by atoms with E-state index < -0.39 is 0 Å². The molecule has 0 fully saturated rings. The fourth-order valence-electron chi connectivity index (χ4n) is 1.81. The first kappa shape index (κ1) is 12.2. The van der Waals surface area contributed by atoms with Crippen LogP contribution in [-0.4, -0.2) is 0 Å². The third-order valence-corrected chi connectivity index (χ3v) is 4.17. The van der Waals surface area contributed by atoms with Crippen LogP contribution < -0.4 is 5.32 Å². The van der Waals surface area contributed by atoms with Crippen LogP contribution in [0.15, 0.2) is 46.9 Å². The second kappa shape index (κ2) is 5.37. The molecular weight excluding hydrogens is 274 g/mol. The Bertz CT molecular complexity index is 506. The molecule has 0 saturated carbocycles. The Labute approximate surface area is 111 Å². The van der Waals surface area contributed by atoms with Gasteiger partial charge in [0.15, 0.2) is 0 Å². The normalized spacial score (nSPS) is 10.3. The van der Waals surface area contributed by atoms with Crippen molar-refractivity contribution < 1.29 is 0 Å². The van der Waals surface area contributed by atoms with Crippen LogP contribution in [0.3, 0.4) is 0 Å². The van der Waals surface area contributed by atoms with E-state index in [9.17, 15) is 0 Å². The molecule has 0 aromatic heterocycles. The van der Waals surface area contributed by atoms with E-state index >= 15 is 0 Å². The molecule has 0 aliphatic heterocycles. The molecule has 0 aliphatic carbocycles. The minimum atomic E-state index is 0.856. The molecule has 2 aromatic rings. The van der Waals surface area contributed by atoms with Crippen LogP contribution in [0.2, 0.25) is 0 Å². The summed E-state index contributed by atoms with van der Waals surface area (Å²) in [5, 5.41) is 3.43. The molecule has 0 unspecified atom stereocenters. The molecule has 0 saturated heterocycles. The molecule has 88 valence electrons. The molecule has 0 amide bonds. The third-order valence-electron chi connectivity index (χ3n) is 2.95. The number of hydrogen-bond donors (Lipinski definition) is 1. The number of aryl methyl sites for hydroxylation is 1. The number of anilines is 1. The topological polar surface area (TPSA) is 12.0 Å². The fraction of sp³-hybridized carbons (Fsp3) is 0.200. The van der Waals surface area contributed by atoms with Gasteiger partial charge in [-0.3, -0.25) is 0 Å². The van der Waals surface area contributed by atoms with Gasteiger partial charge in [-0.25, -0.2) is 0 Å². The molecule has 0 aliphatic rings. The summed E-state index contributed by atoms with van der Waals surface area (Å²) in [5.74, 6) is 0. The maximum Gasteiger partial charge on any atom is 0.0403 e. The molecule has 2 heteroatoms. The van der Waals surface area contributed by atoms with Crippen molar-refractivity contribution in [3.8, 4) is 0 Å². The molecule has 0 radical (unpaired) electrons. The Kier molecular flexibility index (Phi) is 3.85. The van der Waals surface area contributed by atoms with Gasteiger partial charge in [0.1, 0.15) is 0 Å². The number of benzene rings is 2. The fourth-order valence-corrected chi connectivity index (χ4v) is 2.19. The van der Waals surface area contributed by atoms with E-state index in [1.807, 2.05) is 18.2 Å². The lowest BCUT2D eigenvalue weighted by Gasteiger charge is -2.11. The molecule has 0 bridgehead atoms. The SMILES string of the molecule is Cc1ccc(CNc2ccccc2)c(C)c1Br. The zero-order valence-electron chi connectivity index (χ0n) is 10.1. The zero-order chi connectivity index (χ0) is 12.3. The van der Waals surface area contributed by atoms with Crippen LogP contribution in [0.1, 0.15) is 16.7 Å². The average Bonchev–Trinajstić information content (AvgIpc) is 2.36. The van der Waals surface area contributed by atoms with E-state index in [4.69, 9.17) is 0 Å². The predicted octanol–water partition coefficient (Wildman–Crippen LogP) is 4.68. The quantitative estimate of drug-likeness (QED) is 0.865. The van der Waals surface area contributed by atoms with Crippen LogP contribution in [0.25, 0.3) is 0 Å². The number of nitrogens with one attached hydrogen (secondary N) is 1. The third kappa shape index (κ3) is 2.89. The van der Waals surface area contributed by atoms with Gasteiger partial charge in [-0.05, 0) is 42.7 Å². The first-order valence-corrected chi connectivity index (χ1v) is 6.51. The Morgan fingerprint density at radius 3 is 2.41 bits per heavy atom. The van der Waals surface area contributed by atoms with Gasteiger partial charge in [0, 0.05) is 16.7 Å². The van der Waals surface area contributed by atoms with Gasteiger partial charge in [0.05, 0.1) is 0 Å². The lowest BCUT2D eigenvalue weighted by molar-refractivity contribution is 1.10. The monoisotopic (exact) mass is 289 g/mol. The van der Waals surface area contributed by atoms with Gasteiger partial charge in [0.25, 0.3) is 0 Å². The molecule has 0 spiro atoms. The highest BCUT2D eigenvalue weighted by atomic mass is 79.9. The van der Waals surface area contributed by atoms with Gasteiger partial charge in [0.2, 0.25) is 0 Å². The van der Waals surface area contributed by atoms with Crippen molar-refractivity contribution in [2.24, 2.45) is 0 Å². The minimum absolute atomic E-state index is 0.856. The maximum atomic E-state index is 3.63. The van der Waals surface area contributed by atoms with Crippen LogP contribution in [-0.2, 0) is 6.54 Å². The van der Waals surface area contributed by atoms with Crippen molar-refractivity contribution in [2.45, 2.75) is 20.4 Å². The van der Waals surface area contributed by atoms with Crippen molar-refractivity contribution in [1.82, 2.24) is 0 Å². The summed E-state index contributed by atoms with van der Waals surface area (Å²) >= 11 is 3.63. The van der Waals surface area contributed by atoms with Crippen LogP contribution >= 0.6 is 15.9 Å². The first-order valence-electron chi connectivity index (χ1n) is 5.72. The molecule has 2 rings (SSSR count). The summed E-state index contributed by atoms with van der Waals surface area (Å²) < 4.78 is 1.21. The lowest BCUT2D eigenvalue weighted by Crippen LogP contribution is -2.02. The molecule has 2 aromatic carbocycles. The maximum absolute atomic E-state index is 3.63. The smallest absolute Gasteiger partial charge is 0.0403 e. The molecular formula is C15H16BrN. The summed E-state index contributed by atoms with van der Waals surface area (Å²) in [7, 11) is 0. The molecule has 0 atom stereocenters. The summed E-state index contributed by atoms with van der Waals surface area (Å²) in [4.78, 5) is 0. The highest BCUT2D eigenvalue weighted by Gasteiger charge is 2.04. The zero-order valence-corrected chi connectivity index (χ0v) is 11.7. The number of halogens is 1. The number of para-hydroxylation sites is 1. The molecule has 1 nitrogen and oxygen atoms in total. The summed E-state index contributed by atoms with van der Waals surface area (Å²) in [6.45, 7) is 5.12. The van der Waals surface area contributed by atoms with E-state index in [-0.39, 0.29) is 0 Å².